The topological polar surface area (TPSA) is 40.6 Å². The molecule has 1 heterocycles. The number of fused-ring (bicyclic) bond motifs is 1. The van der Waals surface area contributed by atoms with Gasteiger partial charge in [-0.2, -0.15) is 0 Å². The quantitative estimate of drug-likeness (QED) is 0.359. The number of hydrogen-bond donors (Lipinski definition) is 0. The largest absolute Gasteiger partial charge is 0.336 e. The summed E-state index contributed by atoms with van der Waals surface area (Å²) in [6.07, 6.45) is 6.20. The first kappa shape index (κ1) is 24.7. The van der Waals surface area contributed by atoms with Crippen molar-refractivity contribution in [2.75, 3.05) is 19.6 Å². The molecule has 0 saturated carbocycles. The molecule has 0 radical (unpaired) electrons. The van der Waals surface area contributed by atoms with E-state index in [1.807, 2.05) is 41.3 Å². The van der Waals surface area contributed by atoms with Crippen molar-refractivity contribution in [2.45, 2.75) is 52.0 Å². The number of carbonyl (C=O) groups is 2. The Bertz CT molecular complexity index is 1110. The summed E-state index contributed by atoms with van der Waals surface area (Å²) >= 11 is 0. The number of nitrogens with zero attached hydrogens (tertiary/aromatic N) is 2. The van der Waals surface area contributed by atoms with Crippen LogP contribution in [-0.4, -0.2) is 41.2 Å². The number of unbranched alkanes of at least 4 members (excludes halogenated alkanes) is 2. The fraction of sp³-hybridized carbons (Fsp3) is 0.355. The van der Waals surface area contributed by atoms with Gasteiger partial charge in [0.15, 0.2) is 0 Å². The van der Waals surface area contributed by atoms with Crippen molar-refractivity contribution in [1.29, 1.82) is 0 Å². The van der Waals surface area contributed by atoms with Crippen molar-refractivity contribution in [3.63, 3.8) is 0 Å². The monoisotopic (exact) mass is 468 g/mol. The zero-order chi connectivity index (χ0) is 24.5. The van der Waals surface area contributed by atoms with Crippen LogP contribution < -0.4 is 0 Å². The summed E-state index contributed by atoms with van der Waals surface area (Å²) < 4.78 is 0. The summed E-state index contributed by atoms with van der Waals surface area (Å²) in [5, 5.41) is 0. The minimum Gasteiger partial charge on any atom is -0.336 e. The van der Waals surface area contributed by atoms with Gasteiger partial charge in [-0.25, -0.2) is 0 Å². The molecule has 182 valence electrons. The fourth-order valence-corrected chi connectivity index (χ4v) is 4.71. The first-order chi connectivity index (χ1) is 17.1. The highest BCUT2D eigenvalue weighted by Gasteiger charge is 2.25. The fourth-order valence-electron chi connectivity index (χ4n) is 4.71. The molecular formula is C31H36N2O2. The van der Waals surface area contributed by atoms with Crippen LogP contribution in [0.15, 0.2) is 78.9 Å². The Morgan fingerprint density at radius 1 is 0.800 bits per heavy atom. The molecule has 0 bridgehead atoms. The number of benzene rings is 3. The van der Waals surface area contributed by atoms with Crippen LogP contribution in [0, 0.1) is 0 Å². The second kappa shape index (κ2) is 12.3. The van der Waals surface area contributed by atoms with E-state index in [0.29, 0.717) is 25.2 Å². The number of aryl methyl sites for hydroxylation is 1. The molecule has 4 rings (SSSR count). The molecule has 0 fully saturated rings. The summed E-state index contributed by atoms with van der Waals surface area (Å²) in [7, 11) is 0. The highest BCUT2D eigenvalue weighted by atomic mass is 16.2. The van der Waals surface area contributed by atoms with E-state index in [1.54, 1.807) is 4.90 Å². The average molecular weight is 469 g/mol. The van der Waals surface area contributed by atoms with Gasteiger partial charge in [-0.05, 0) is 60.1 Å². The van der Waals surface area contributed by atoms with Gasteiger partial charge in [0.25, 0.3) is 5.91 Å². The van der Waals surface area contributed by atoms with E-state index in [0.717, 1.165) is 24.8 Å². The molecule has 0 atom stereocenters. The molecule has 2 amide bonds. The van der Waals surface area contributed by atoms with E-state index in [1.165, 1.54) is 36.0 Å². The molecule has 35 heavy (non-hydrogen) atoms. The van der Waals surface area contributed by atoms with Crippen LogP contribution in [0.4, 0.5) is 0 Å². The third-order valence-corrected chi connectivity index (χ3v) is 6.88. The molecule has 0 aliphatic carbocycles. The summed E-state index contributed by atoms with van der Waals surface area (Å²) in [6, 6.07) is 26.4. The molecule has 4 nitrogen and oxygen atoms in total. The van der Waals surface area contributed by atoms with Gasteiger partial charge in [0.1, 0.15) is 6.54 Å². The second-order valence-electron chi connectivity index (χ2n) is 9.45. The Balaban J connectivity index is 1.45. The number of amides is 2. The van der Waals surface area contributed by atoms with Crippen molar-refractivity contribution in [3.8, 4) is 0 Å². The van der Waals surface area contributed by atoms with E-state index in [2.05, 4.69) is 49.4 Å². The van der Waals surface area contributed by atoms with Gasteiger partial charge in [0, 0.05) is 25.2 Å². The van der Waals surface area contributed by atoms with Crippen LogP contribution in [-0.2, 0) is 30.6 Å². The van der Waals surface area contributed by atoms with Gasteiger partial charge in [0.2, 0.25) is 5.91 Å². The Morgan fingerprint density at radius 3 is 2.23 bits per heavy atom. The van der Waals surface area contributed by atoms with Crippen LogP contribution in [0.3, 0.4) is 0 Å². The van der Waals surface area contributed by atoms with E-state index >= 15 is 0 Å². The molecule has 4 heteroatoms. The van der Waals surface area contributed by atoms with Crippen LogP contribution in [0.1, 0.15) is 58.8 Å². The predicted octanol–water partition coefficient (Wildman–Crippen LogP) is 5.69. The van der Waals surface area contributed by atoms with Gasteiger partial charge in [0.05, 0.1) is 0 Å². The van der Waals surface area contributed by atoms with Gasteiger partial charge < -0.3 is 9.80 Å². The highest BCUT2D eigenvalue weighted by molar-refractivity contribution is 5.96. The predicted molar refractivity (Wildman–Crippen MR) is 141 cm³/mol. The summed E-state index contributed by atoms with van der Waals surface area (Å²) in [4.78, 5) is 30.4. The highest BCUT2D eigenvalue weighted by Crippen LogP contribution is 2.19. The molecule has 0 saturated heterocycles. The first-order valence-electron chi connectivity index (χ1n) is 12.9. The maximum absolute atomic E-state index is 13.5. The Labute approximate surface area is 209 Å². The SMILES string of the molecule is CCCCCc1ccc(C(=O)N(CCc2ccccc2)CC(=O)N2CCc3ccccc3C2)cc1. The molecule has 3 aromatic rings. The average Bonchev–Trinajstić information content (AvgIpc) is 2.91. The standard InChI is InChI=1S/C31H36N2O2/c1-2-3-5-10-26-15-17-28(18-16-26)31(35)33(21-19-25-11-6-4-7-12-25)24-30(34)32-22-20-27-13-8-9-14-29(27)23-32/h4,6-9,11-18H,2-3,5,10,19-24H2,1H3. The molecular weight excluding hydrogens is 432 g/mol. The normalized spacial score (nSPS) is 12.8. The van der Waals surface area contributed by atoms with Crippen LogP contribution in [0.25, 0.3) is 0 Å². The smallest absolute Gasteiger partial charge is 0.254 e. The number of rotatable bonds is 10. The summed E-state index contributed by atoms with van der Waals surface area (Å²) in [5.74, 6) is -0.0658. The van der Waals surface area contributed by atoms with Crippen LogP contribution >= 0.6 is 0 Å². The minimum absolute atomic E-state index is 0.0112. The van der Waals surface area contributed by atoms with Gasteiger partial charge >= 0.3 is 0 Å². The van der Waals surface area contributed by atoms with Gasteiger partial charge in [-0.1, -0.05) is 86.5 Å². The van der Waals surface area contributed by atoms with Crippen molar-refractivity contribution >= 4 is 11.8 Å². The lowest BCUT2D eigenvalue weighted by Gasteiger charge is -2.31. The number of carbonyl (C=O) groups excluding carboxylic acids is 2. The lowest BCUT2D eigenvalue weighted by Crippen LogP contribution is -2.45. The number of hydrogen-bond acceptors (Lipinski definition) is 2. The van der Waals surface area contributed by atoms with Crippen molar-refractivity contribution in [2.24, 2.45) is 0 Å². The minimum atomic E-state index is -0.0770. The molecule has 0 spiro atoms. The van der Waals surface area contributed by atoms with Gasteiger partial charge in [-0.15, -0.1) is 0 Å². The van der Waals surface area contributed by atoms with E-state index in [9.17, 15) is 9.59 Å². The first-order valence-corrected chi connectivity index (χ1v) is 12.9. The third kappa shape index (κ3) is 6.82. The molecule has 1 aliphatic heterocycles. The zero-order valence-electron chi connectivity index (χ0n) is 20.8. The molecule has 3 aromatic carbocycles. The maximum atomic E-state index is 13.5. The van der Waals surface area contributed by atoms with Crippen molar-refractivity contribution in [1.82, 2.24) is 9.80 Å². The van der Waals surface area contributed by atoms with E-state index in [4.69, 9.17) is 0 Å². The third-order valence-electron chi connectivity index (χ3n) is 6.88. The Kier molecular flexibility index (Phi) is 8.72. The summed E-state index contributed by atoms with van der Waals surface area (Å²) in [5.41, 5.74) is 5.58. The lowest BCUT2D eigenvalue weighted by molar-refractivity contribution is -0.132. The van der Waals surface area contributed by atoms with Crippen molar-refractivity contribution in [3.05, 3.63) is 107 Å². The molecule has 0 unspecified atom stereocenters. The zero-order valence-corrected chi connectivity index (χ0v) is 20.8. The molecule has 1 aliphatic rings. The van der Waals surface area contributed by atoms with Gasteiger partial charge in [-0.3, -0.25) is 9.59 Å². The Hall–Kier alpha value is -3.40. The maximum Gasteiger partial charge on any atom is 0.254 e. The molecule has 0 aromatic heterocycles. The van der Waals surface area contributed by atoms with Crippen LogP contribution in [0.5, 0.6) is 0 Å². The molecule has 0 N–H and O–H groups in total. The van der Waals surface area contributed by atoms with E-state index in [-0.39, 0.29) is 18.4 Å². The van der Waals surface area contributed by atoms with E-state index < -0.39 is 0 Å². The van der Waals surface area contributed by atoms with Crippen molar-refractivity contribution < 1.29 is 9.59 Å². The second-order valence-corrected chi connectivity index (χ2v) is 9.45. The lowest BCUT2D eigenvalue weighted by atomic mass is 10.00. The summed E-state index contributed by atoms with van der Waals surface area (Å²) in [6.45, 7) is 4.13. The Morgan fingerprint density at radius 2 is 1.49 bits per heavy atom. The van der Waals surface area contributed by atoms with Crippen LogP contribution in [0.2, 0.25) is 0 Å².